The van der Waals surface area contributed by atoms with Crippen molar-refractivity contribution in [2.24, 2.45) is 10.7 Å². The van der Waals surface area contributed by atoms with Gasteiger partial charge in [0.25, 0.3) is 0 Å². The topological polar surface area (TPSA) is 59.6 Å². The molecule has 4 heteroatoms. The molecular weight excluding hydrogens is 202 g/mol. The molecule has 3 N–H and O–H groups in total. The molecule has 2 unspecified atom stereocenters. The highest BCUT2D eigenvalue weighted by Gasteiger charge is 2.27. The van der Waals surface area contributed by atoms with Crippen LogP contribution >= 0.6 is 0 Å². The van der Waals surface area contributed by atoms with Gasteiger partial charge in [-0.15, -0.1) is 0 Å². The molecule has 0 bridgehead atoms. The van der Waals surface area contributed by atoms with Crippen molar-refractivity contribution in [1.82, 2.24) is 5.32 Å². The minimum atomic E-state index is 0.263. The summed E-state index contributed by atoms with van der Waals surface area (Å²) in [6.45, 7) is 0. The van der Waals surface area contributed by atoms with Crippen molar-refractivity contribution in [2.75, 3.05) is 7.11 Å². The van der Waals surface area contributed by atoms with Crippen LogP contribution in [0.1, 0.15) is 44.9 Å². The van der Waals surface area contributed by atoms with Crippen LogP contribution in [0.4, 0.5) is 0 Å². The number of nitrogens with two attached hydrogens (primary N) is 1. The maximum Gasteiger partial charge on any atom is 0.189 e. The third-order valence-corrected chi connectivity index (χ3v) is 3.73. The van der Waals surface area contributed by atoms with E-state index in [2.05, 4.69) is 10.3 Å². The van der Waals surface area contributed by atoms with Gasteiger partial charge in [-0.2, -0.15) is 0 Å². The Morgan fingerprint density at radius 1 is 1.19 bits per heavy atom. The molecular formula is C12H23N3O. The molecule has 2 rings (SSSR count). The van der Waals surface area contributed by atoms with E-state index in [1.165, 1.54) is 32.1 Å². The summed E-state index contributed by atoms with van der Waals surface area (Å²) in [5, 5.41) is 3.32. The lowest BCUT2D eigenvalue weighted by Crippen LogP contribution is -2.40. The second-order valence-corrected chi connectivity index (χ2v) is 4.91. The van der Waals surface area contributed by atoms with Crippen LogP contribution in [-0.4, -0.2) is 31.3 Å². The second kappa shape index (κ2) is 5.53. The van der Waals surface area contributed by atoms with Crippen LogP contribution in [0, 0.1) is 0 Å². The molecule has 16 heavy (non-hydrogen) atoms. The van der Waals surface area contributed by atoms with Gasteiger partial charge in [0.15, 0.2) is 5.96 Å². The highest BCUT2D eigenvalue weighted by molar-refractivity contribution is 5.78. The molecule has 0 radical (unpaired) electrons. The van der Waals surface area contributed by atoms with Gasteiger partial charge < -0.3 is 15.8 Å². The molecule has 92 valence electrons. The zero-order valence-corrected chi connectivity index (χ0v) is 10.1. The molecule has 0 aliphatic heterocycles. The third kappa shape index (κ3) is 2.88. The Kier molecular flexibility index (Phi) is 4.04. The quantitative estimate of drug-likeness (QED) is 0.564. The molecule has 2 fully saturated rings. The highest BCUT2D eigenvalue weighted by Crippen LogP contribution is 2.24. The van der Waals surface area contributed by atoms with E-state index < -0.39 is 0 Å². The molecule has 0 saturated heterocycles. The minimum Gasteiger partial charge on any atom is -0.379 e. The van der Waals surface area contributed by atoms with Gasteiger partial charge in [-0.05, 0) is 32.1 Å². The first kappa shape index (κ1) is 11.7. The number of methoxy groups -OCH3 is 1. The molecule has 0 amide bonds. The van der Waals surface area contributed by atoms with Gasteiger partial charge in [0.05, 0.1) is 12.1 Å². The number of hydrogen-bond acceptors (Lipinski definition) is 2. The van der Waals surface area contributed by atoms with E-state index in [0.29, 0.717) is 12.0 Å². The number of ether oxygens (including phenoxy) is 1. The first-order chi connectivity index (χ1) is 7.79. The molecule has 0 aromatic rings. The van der Waals surface area contributed by atoms with Gasteiger partial charge >= 0.3 is 0 Å². The summed E-state index contributed by atoms with van der Waals surface area (Å²) in [6.07, 6.45) is 8.77. The summed E-state index contributed by atoms with van der Waals surface area (Å²) in [4.78, 5) is 4.55. The van der Waals surface area contributed by atoms with Crippen molar-refractivity contribution in [3.8, 4) is 0 Å². The predicted molar refractivity (Wildman–Crippen MR) is 65.5 cm³/mol. The number of aliphatic imine (C=N–C) groups is 1. The van der Waals surface area contributed by atoms with Crippen LogP contribution in [0.15, 0.2) is 4.99 Å². The Bertz CT molecular complexity index is 249. The Hall–Kier alpha value is -0.770. The largest absolute Gasteiger partial charge is 0.379 e. The van der Waals surface area contributed by atoms with E-state index in [1.807, 2.05) is 0 Å². The minimum absolute atomic E-state index is 0.263. The SMILES string of the molecule is COC1CCCC1N=C(N)NC1CCCC1. The van der Waals surface area contributed by atoms with Crippen LogP contribution in [-0.2, 0) is 4.74 Å². The van der Waals surface area contributed by atoms with Crippen LogP contribution in [0.2, 0.25) is 0 Å². The number of nitrogens with zero attached hydrogens (tertiary/aromatic N) is 1. The van der Waals surface area contributed by atoms with Gasteiger partial charge in [0.2, 0.25) is 0 Å². The molecule has 2 saturated carbocycles. The Balaban J connectivity index is 1.84. The summed E-state index contributed by atoms with van der Waals surface area (Å²) in [5.41, 5.74) is 5.93. The molecule has 0 aromatic heterocycles. The Morgan fingerprint density at radius 2 is 1.94 bits per heavy atom. The maximum absolute atomic E-state index is 5.93. The summed E-state index contributed by atoms with van der Waals surface area (Å²) >= 11 is 0. The van der Waals surface area contributed by atoms with E-state index in [1.54, 1.807) is 7.11 Å². The zero-order valence-electron chi connectivity index (χ0n) is 10.1. The standard InChI is InChI=1S/C12H23N3O/c1-16-11-8-4-7-10(11)15-12(13)14-9-5-2-3-6-9/h9-11H,2-8H2,1H3,(H3,13,14,15). The van der Waals surface area contributed by atoms with Crippen molar-refractivity contribution >= 4 is 5.96 Å². The zero-order chi connectivity index (χ0) is 11.4. The molecule has 2 atom stereocenters. The lowest BCUT2D eigenvalue weighted by Gasteiger charge is -2.17. The third-order valence-electron chi connectivity index (χ3n) is 3.73. The average molecular weight is 225 g/mol. The smallest absolute Gasteiger partial charge is 0.189 e. The van der Waals surface area contributed by atoms with Crippen LogP contribution in [0.25, 0.3) is 0 Å². The van der Waals surface area contributed by atoms with E-state index in [0.717, 1.165) is 12.8 Å². The fraction of sp³-hybridized carbons (Fsp3) is 0.917. The fourth-order valence-corrected chi connectivity index (χ4v) is 2.82. The van der Waals surface area contributed by atoms with Gasteiger partial charge in [0, 0.05) is 13.2 Å². The summed E-state index contributed by atoms with van der Waals surface area (Å²) in [6, 6.07) is 0.810. The first-order valence-corrected chi connectivity index (χ1v) is 6.42. The van der Waals surface area contributed by atoms with Crippen LogP contribution < -0.4 is 11.1 Å². The normalized spacial score (nSPS) is 32.2. The summed E-state index contributed by atoms with van der Waals surface area (Å²) in [7, 11) is 1.76. The maximum atomic E-state index is 5.93. The Labute approximate surface area is 97.6 Å². The number of nitrogens with one attached hydrogen (secondary N) is 1. The summed E-state index contributed by atoms with van der Waals surface area (Å²) in [5.74, 6) is 0.612. The van der Waals surface area contributed by atoms with Crippen molar-refractivity contribution in [3.63, 3.8) is 0 Å². The van der Waals surface area contributed by atoms with E-state index in [9.17, 15) is 0 Å². The lowest BCUT2D eigenvalue weighted by atomic mass is 10.2. The fourth-order valence-electron chi connectivity index (χ4n) is 2.82. The number of rotatable bonds is 3. The van der Waals surface area contributed by atoms with Gasteiger partial charge in [-0.25, -0.2) is 4.99 Å². The number of hydrogen-bond donors (Lipinski definition) is 2. The molecule has 0 spiro atoms. The van der Waals surface area contributed by atoms with E-state index in [4.69, 9.17) is 10.5 Å². The van der Waals surface area contributed by atoms with Crippen molar-refractivity contribution in [1.29, 1.82) is 0 Å². The first-order valence-electron chi connectivity index (χ1n) is 6.42. The molecule has 4 nitrogen and oxygen atoms in total. The van der Waals surface area contributed by atoms with Crippen LogP contribution in [0.5, 0.6) is 0 Å². The Morgan fingerprint density at radius 3 is 2.62 bits per heavy atom. The average Bonchev–Trinajstić information content (AvgIpc) is 2.88. The highest BCUT2D eigenvalue weighted by atomic mass is 16.5. The number of guanidine groups is 1. The molecule has 0 heterocycles. The predicted octanol–water partition coefficient (Wildman–Crippen LogP) is 1.40. The van der Waals surface area contributed by atoms with Gasteiger partial charge in [-0.3, -0.25) is 0 Å². The van der Waals surface area contributed by atoms with Crippen molar-refractivity contribution in [3.05, 3.63) is 0 Å². The van der Waals surface area contributed by atoms with Crippen molar-refractivity contribution in [2.45, 2.75) is 63.1 Å². The summed E-state index contributed by atoms with van der Waals surface area (Å²) < 4.78 is 5.40. The molecule has 2 aliphatic rings. The van der Waals surface area contributed by atoms with Crippen molar-refractivity contribution < 1.29 is 4.74 Å². The van der Waals surface area contributed by atoms with E-state index in [-0.39, 0.29) is 12.1 Å². The monoisotopic (exact) mass is 225 g/mol. The molecule has 2 aliphatic carbocycles. The van der Waals surface area contributed by atoms with Crippen LogP contribution in [0.3, 0.4) is 0 Å². The van der Waals surface area contributed by atoms with Gasteiger partial charge in [-0.1, -0.05) is 12.8 Å². The van der Waals surface area contributed by atoms with Gasteiger partial charge in [0.1, 0.15) is 0 Å². The second-order valence-electron chi connectivity index (χ2n) is 4.91. The lowest BCUT2D eigenvalue weighted by molar-refractivity contribution is 0.0965. The van der Waals surface area contributed by atoms with E-state index >= 15 is 0 Å². The molecule has 0 aromatic carbocycles.